The number of ether oxygens (including phenoxy) is 4. The van der Waals surface area contributed by atoms with E-state index in [4.69, 9.17) is 18.9 Å². The lowest BCUT2D eigenvalue weighted by molar-refractivity contribution is -0.138. The average Bonchev–Trinajstić information content (AvgIpc) is 3.13. The SMILES string of the molecule is COc1cc(OC)c(OC)cc1/C=C/C(=O)OCc1csc2ccccc12. The predicted octanol–water partition coefficient (Wildman–Crippen LogP) is 4.68. The van der Waals surface area contributed by atoms with Crippen LogP contribution in [0.5, 0.6) is 17.2 Å². The van der Waals surface area contributed by atoms with E-state index in [0.717, 1.165) is 10.9 Å². The molecule has 0 aliphatic carbocycles. The van der Waals surface area contributed by atoms with E-state index in [1.165, 1.54) is 10.8 Å². The lowest BCUT2D eigenvalue weighted by Crippen LogP contribution is -2.00. The molecule has 1 aromatic heterocycles. The number of thiophene rings is 1. The maximum atomic E-state index is 12.1. The van der Waals surface area contributed by atoms with Gasteiger partial charge in [-0.3, -0.25) is 0 Å². The van der Waals surface area contributed by atoms with Gasteiger partial charge in [0.1, 0.15) is 12.4 Å². The summed E-state index contributed by atoms with van der Waals surface area (Å²) < 4.78 is 22.4. The Bertz CT molecular complexity index is 974. The molecular formula is C21H20O5S. The third-order valence-electron chi connectivity index (χ3n) is 4.07. The van der Waals surface area contributed by atoms with Gasteiger partial charge in [-0.05, 0) is 29.0 Å². The Morgan fingerprint density at radius 2 is 1.70 bits per heavy atom. The zero-order chi connectivity index (χ0) is 19.2. The zero-order valence-electron chi connectivity index (χ0n) is 15.4. The molecule has 0 radical (unpaired) electrons. The van der Waals surface area contributed by atoms with Crippen molar-refractivity contribution in [1.29, 1.82) is 0 Å². The number of carbonyl (C=O) groups excluding carboxylic acids is 1. The number of esters is 1. The molecule has 2 aromatic carbocycles. The second-order valence-electron chi connectivity index (χ2n) is 5.65. The van der Waals surface area contributed by atoms with Gasteiger partial charge in [0.15, 0.2) is 11.5 Å². The van der Waals surface area contributed by atoms with Crippen molar-refractivity contribution in [2.45, 2.75) is 6.61 Å². The number of benzene rings is 2. The number of hydrogen-bond donors (Lipinski definition) is 0. The summed E-state index contributed by atoms with van der Waals surface area (Å²) in [5.74, 6) is 1.25. The molecule has 6 heteroatoms. The number of fused-ring (bicyclic) bond motifs is 1. The highest BCUT2D eigenvalue weighted by Crippen LogP contribution is 2.35. The highest BCUT2D eigenvalue weighted by Gasteiger charge is 2.11. The lowest BCUT2D eigenvalue weighted by atomic mass is 10.1. The van der Waals surface area contributed by atoms with Crippen LogP contribution in [0.1, 0.15) is 11.1 Å². The van der Waals surface area contributed by atoms with Crippen LogP contribution in [0.15, 0.2) is 47.9 Å². The molecule has 0 N–H and O–H groups in total. The molecule has 0 bridgehead atoms. The minimum atomic E-state index is -0.429. The van der Waals surface area contributed by atoms with Gasteiger partial charge in [-0.15, -0.1) is 11.3 Å². The molecule has 0 saturated carbocycles. The Morgan fingerprint density at radius 1 is 1.00 bits per heavy atom. The Morgan fingerprint density at radius 3 is 2.44 bits per heavy atom. The van der Waals surface area contributed by atoms with Crippen LogP contribution in [-0.4, -0.2) is 27.3 Å². The highest BCUT2D eigenvalue weighted by molar-refractivity contribution is 7.17. The van der Waals surface area contributed by atoms with E-state index in [2.05, 4.69) is 6.07 Å². The lowest BCUT2D eigenvalue weighted by Gasteiger charge is -2.12. The summed E-state index contributed by atoms with van der Waals surface area (Å²) in [5, 5.41) is 3.12. The highest BCUT2D eigenvalue weighted by atomic mass is 32.1. The Hall–Kier alpha value is -2.99. The third-order valence-corrected chi connectivity index (χ3v) is 5.08. The van der Waals surface area contributed by atoms with Crippen molar-refractivity contribution >= 4 is 33.5 Å². The summed E-state index contributed by atoms with van der Waals surface area (Å²) >= 11 is 1.64. The summed E-state index contributed by atoms with van der Waals surface area (Å²) in [5.41, 5.74) is 1.69. The van der Waals surface area contributed by atoms with Crippen molar-refractivity contribution in [3.63, 3.8) is 0 Å². The molecule has 27 heavy (non-hydrogen) atoms. The third kappa shape index (κ3) is 4.23. The molecule has 3 aromatic rings. The van der Waals surface area contributed by atoms with E-state index in [0.29, 0.717) is 22.8 Å². The van der Waals surface area contributed by atoms with Crippen LogP contribution in [0.25, 0.3) is 16.2 Å². The molecule has 0 saturated heterocycles. The summed E-state index contributed by atoms with van der Waals surface area (Å²) in [6.45, 7) is 0.232. The summed E-state index contributed by atoms with van der Waals surface area (Å²) in [7, 11) is 4.66. The fourth-order valence-corrected chi connectivity index (χ4v) is 3.63. The molecule has 0 amide bonds. The quantitative estimate of drug-likeness (QED) is 0.437. The minimum Gasteiger partial charge on any atom is -0.496 e. The van der Waals surface area contributed by atoms with E-state index in [1.807, 2.05) is 23.6 Å². The largest absolute Gasteiger partial charge is 0.496 e. The maximum Gasteiger partial charge on any atom is 0.331 e. The number of methoxy groups -OCH3 is 3. The zero-order valence-corrected chi connectivity index (χ0v) is 16.2. The van der Waals surface area contributed by atoms with Crippen molar-refractivity contribution in [3.05, 3.63) is 59.0 Å². The maximum absolute atomic E-state index is 12.1. The second-order valence-corrected chi connectivity index (χ2v) is 6.56. The topological polar surface area (TPSA) is 54.0 Å². The minimum absolute atomic E-state index is 0.232. The standard InChI is InChI=1S/C21H20O5S/c1-23-17-11-19(25-3)18(24-2)10-14(17)8-9-21(22)26-12-15-13-27-20-7-5-4-6-16(15)20/h4-11,13H,12H2,1-3H3/b9-8+. The Labute approximate surface area is 161 Å². The van der Waals surface area contributed by atoms with Crippen LogP contribution in [0, 0.1) is 0 Å². The molecule has 5 nitrogen and oxygen atoms in total. The van der Waals surface area contributed by atoms with E-state index < -0.39 is 5.97 Å². The van der Waals surface area contributed by atoms with Crippen molar-refractivity contribution in [2.75, 3.05) is 21.3 Å². The smallest absolute Gasteiger partial charge is 0.331 e. The molecule has 140 valence electrons. The molecule has 0 aliphatic rings. The monoisotopic (exact) mass is 384 g/mol. The summed E-state index contributed by atoms with van der Waals surface area (Å²) in [4.78, 5) is 12.1. The van der Waals surface area contributed by atoms with Crippen LogP contribution in [-0.2, 0) is 16.1 Å². The molecule has 0 fully saturated rings. The molecule has 3 rings (SSSR count). The van der Waals surface area contributed by atoms with E-state index >= 15 is 0 Å². The van der Waals surface area contributed by atoms with Crippen LogP contribution in [0.4, 0.5) is 0 Å². The van der Waals surface area contributed by atoms with Crippen LogP contribution >= 0.6 is 11.3 Å². The first-order valence-corrected chi connectivity index (χ1v) is 9.14. The van der Waals surface area contributed by atoms with Crippen LogP contribution in [0.3, 0.4) is 0 Å². The van der Waals surface area contributed by atoms with Gasteiger partial charge < -0.3 is 18.9 Å². The predicted molar refractivity (Wildman–Crippen MR) is 107 cm³/mol. The van der Waals surface area contributed by atoms with E-state index in [-0.39, 0.29) is 6.61 Å². The van der Waals surface area contributed by atoms with Gasteiger partial charge in [0, 0.05) is 28.0 Å². The number of rotatable bonds is 7. The van der Waals surface area contributed by atoms with Crippen molar-refractivity contribution < 1.29 is 23.7 Å². The first-order valence-electron chi connectivity index (χ1n) is 8.26. The van der Waals surface area contributed by atoms with Gasteiger partial charge in [-0.2, -0.15) is 0 Å². The first-order chi connectivity index (χ1) is 13.2. The molecular weight excluding hydrogens is 364 g/mol. The van der Waals surface area contributed by atoms with Gasteiger partial charge in [-0.25, -0.2) is 4.79 Å². The summed E-state index contributed by atoms with van der Waals surface area (Å²) in [6, 6.07) is 11.5. The van der Waals surface area contributed by atoms with Gasteiger partial charge in [0.25, 0.3) is 0 Å². The molecule has 0 atom stereocenters. The van der Waals surface area contributed by atoms with Crippen molar-refractivity contribution in [1.82, 2.24) is 0 Å². The summed E-state index contributed by atoms with van der Waals surface area (Å²) in [6.07, 6.45) is 3.01. The van der Waals surface area contributed by atoms with E-state index in [9.17, 15) is 4.79 Å². The van der Waals surface area contributed by atoms with Crippen molar-refractivity contribution in [3.8, 4) is 17.2 Å². The first kappa shape index (κ1) is 18.8. The fraction of sp³-hybridized carbons (Fsp3) is 0.190. The molecule has 0 aliphatic heterocycles. The molecule has 0 unspecified atom stereocenters. The van der Waals surface area contributed by atoms with Gasteiger partial charge in [-0.1, -0.05) is 18.2 Å². The normalized spacial score (nSPS) is 10.9. The van der Waals surface area contributed by atoms with Crippen LogP contribution in [0.2, 0.25) is 0 Å². The number of hydrogen-bond acceptors (Lipinski definition) is 6. The van der Waals surface area contributed by atoms with Crippen LogP contribution < -0.4 is 14.2 Å². The van der Waals surface area contributed by atoms with Gasteiger partial charge in [0.2, 0.25) is 0 Å². The van der Waals surface area contributed by atoms with E-state index in [1.54, 1.807) is 50.9 Å². The number of carbonyl (C=O) groups is 1. The Kier molecular flexibility index (Phi) is 5.98. The Balaban J connectivity index is 1.71. The van der Waals surface area contributed by atoms with Gasteiger partial charge >= 0.3 is 5.97 Å². The average molecular weight is 384 g/mol. The fourth-order valence-electron chi connectivity index (χ4n) is 2.68. The van der Waals surface area contributed by atoms with Gasteiger partial charge in [0.05, 0.1) is 21.3 Å². The molecule has 0 spiro atoms. The van der Waals surface area contributed by atoms with Crippen molar-refractivity contribution in [2.24, 2.45) is 0 Å². The molecule has 1 heterocycles. The second kappa shape index (κ2) is 8.60.